The standard InChI is InChI=1S/C12H11F4NO3/c13-9-5-17(11(18)19)6-10(9)20-8-3-1-7(2-4-8)12(14,15)16/h1-4,9-10H,5-6H2,(H,18,19)/t9-,10-/m0/s1. The topological polar surface area (TPSA) is 49.8 Å². The van der Waals surface area contributed by atoms with Crippen molar-refractivity contribution in [1.82, 2.24) is 4.90 Å². The number of carbonyl (C=O) groups is 1. The van der Waals surface area contributed by atoms with E-state index < -0.39 is 30.1 Å². The van der Waals surface area contributed by atoms with Crippen LogP contribution in [0.1, 0.15) is 5.56 Å². The molecule has 20 heavy (non-hydrogen) atoms. The highest BCUT2D eigenvalue weighted by molar-refractivity contribution is 5.65. The van der Waals surface area contributed by atoms with Gasteiger partial charge in [-0.2, -0.15) is 13.2 Å². The Hall–Kier alpha value is -1.99. The average molecular weight is 293 g/mol. The molecule has 0 spiro atoms. The third-order valence-electron chi connectivity index (χ3n) is 2.94. The molecule has 2 rings (SSSR count). The second-order valence-corrected chi connectivity index (χ2v) is 4.38. The summed E-state index contributed by atoms with van der Waals surface area (Å²) >= 11 is 0. The number of alkyl halides is 4. The van der Waals surface area contributed by atoms with Gasteiger partial charge >= 0.3 is 12.3 Å². The molecule has 2 atom stereocenters. The van der Waals surface area contributed by atoms with E-state index >= 15 is 0 Å². The van der Waals surface area contributed by atoms with Gasteiger partial charge in [-0.1, -0.05) is 0 Å². The fourth-order valence-corrected chi connectivity index (χ4v) is 1.90. The van der Waals surface area contributed by atoms with E-state index in [0.29, 0.717) is 0 Å². The summed E-state index contributed by atoms with van der Waals surface area (Å²) in [6, 6.07) is 3.82. The van der Waals surface area contributed by atoms with E-state index in [4.69, 9.17) is 9.84 Å². The highest BCUT2D eigenvalue weighted by Crippen LogP contribution is 2.31. The molecule has 1 amide bonds. The first-order valence-electron chi connectivity index (χ1n) is 5.73. The lowest BCUT2D eigenvalue weighted by Gasteiger charge is -2.16. The monoisotopic (exact) mass is 293 g/mol. The van der Waals surface area contributed by atoms with Crippen LogP contribution in [0.25, 0.3) is 0 Å². The van der Waals surface area contributed by atoms with Gasteiger partial charge in [0, 0.05) is 0 Å². The van der Waals surface area contributed by atoms with Gasteiger partial charge in [-0.3, -0.25) is 0 Å². The van der Waals surface area contributed by atoms with Gasteiger partial charge in [0.2, 0.25) is 0 Å². The number of nitrogens with zero attached hydrogens (tertiary/aromatic N) is 1. The average Bonchev–Trinajstić information content (AvgIpc) is 2.71. The molecule has 1 aliphatic rings. The maximum atomic E-state index is 13.5. The zero-order chi connectivity index (χ0) is 14.9. The van der Waals surface area contributed by atoms with Crippen LogP contribution in [0.4, 0.5) is 22.4 Å². The van der Waals surface area contributed by atoms with Gasteiger partial charge in [-0.25, -0.2) is 9.18 Å². The van der Waals surface area contributed by atoms with E-state index in [1.165, 1.54) is 0 Å². The lowest BCUT2D eigenvalue weighted by molar-refractivity contribution is -0.137. The number of rotatable bonds is 2. The van der Waals surface area contributed by atoms with Crippen molar-refractivity contribution in [1.29, 1.82) is 0 Å². The molecule has 1 saturated heterocycles. The molecular formula is C12H11F4NO3. The molecule has 1 aliphatic heterocycles. The summed E-state index contributed by atoms with van der Waals surface area (Å²) in [6.07, 6.45) is -8.23. The van der Waals surface area contributed by atoms with Crippen molar-refractivity contribution in [3.05, 3.63) is 29.8 Å². The summed E-state index contributed by atoms with van der Waals surface area (Å²) in [5, 5.41) is 8.72. The molecule has 0 aromatic heterocycles. The SMILES string of the molecule is O=C(O)N1C[C@H](Oc2ccc(C(F)(F)F)cc2)[C@@H](F)C1. The summed E-state index contributed by atoms with van der Waals surface area (Å²) in [7, 11) is 0. The Bertz CT molecular complexity index is 488. The summed E-state index contributed by atoms with van der Waals surface area (Å²) in [5.74, 6) is 0.0675. The molecule has 1 N–H and O–H groups in total. The van der Waals surface area contributed by atoms with Crippen LogP contribution in [0.2, 0.25) is 0 Å². The van der Waals surface area contributed by atoms with E-state index in [1.807, 2.05) is 0 Å². The minimum atomic E-state index is -4.45. The predicted octanol–water partition coefficient (Wildman–Crippen LogP) is 2.78. The molecule has 0 radical (unpaired) electrons. The zero-order valence-electron chi connectivity index (χ0n) is 10.1. The Labute approximate surface area is 111 Å². The molecule has 110 valence electrons. The molecule has 0 saturated carbocycles. The van der Waals surface area contributed by atoms with E-state index in [1.54, 1.807) is 0 Å². The number of hydrogen-bond donors (Lipinski definition) is 1. The van der Waals surface area contributed by atoms with Crippen molar-refractivity contribution in [2.75, 3.05) is 13.1 Å². The largest absolute Gasteiger partial charge is 0.485 e. The van der Waals surface area contributed by atoms with Crippen LogP contribution in [-0.2, 0) is 6.18 Å². The Balaban J connectivity index is 2.02. The molecule has 0 aliphatic carbocycles. The van der Waals surface area contributed by atoms with Gasteiger partial charge in [0.25, 0.3) is 0 Å². The molecule has 1 aromatic rings. The van der Waals surface area contributed by atoms with Gasteiger partial charge in [-0.05, 0) is 24.3 Å². The first kappa shape index (κ1) is 14.4. The van der Waals surface area contributed by atoms with Crippen molar-refractivity contribution in [2.24, 2.45) is 0 Å². The summed E-state index contributed by atoms with van der Waals surface area (Å²) < 4.78 is 55.8. The Kier molecular flexibility index (Phi) is 3.74. The van der Waals surface area contributed by atoms with Crippen LogP contribution in [0.5, 0.6) is 5.75 Å². The van der Waals surface area contributed by atoms with Gasteiger partial charge < -0.3 is 14.7 Å². The molecule has 1 fully saturated rings. The quantitative estimate of drug-likeness (QED) is 0.853. The van der Waals surface area contributed by atoms with Crippen molar-refractivity contribution in [3.8, 4) is 5.75 Å². The summed E-state index contributed by atoms with van der Waals surface area (Å²) in [5.41, 5.74) is -0.833. The lowest BCUT2D eigenvalue weighted by Crippen LogP contribution is -2.29. The van der Waals surface area contributed by atoms with Crippen LogP contribution in [0.15, 0.2) is 24.3 Å². The fraction of sp³-hybridized carbons (Fsp3) is 0.417. The number of benzene rings is 1. The fourth-order valence-electron chi connectivity index (χ4n) is 1.90. The number of amides is 1. The normalized spacial score (nSPS) is 22.9. The highest BCUT2D eigenvalue weighted by atomic mass is 19.4. The molecule has 4 nitrogen and oxygen atoms in total. The molecule has 8 heteroatoms. The van der Waals surface area contributed by atoms with Crippen molar-refractivity contribution < 1.29 is 32.2 Å². The molecule has 0 unspecified atom stereocenters. The van der Waals surface area contributed by atoms with Gasteiger partial charge in [0.05, 0.1) is 18.7 Å². The second kappa shape index (κ2) is 5.18. The number of ether oxygens (including phenoxy) is 1. The minimum absolute atomic E-state index is 0.0675. The van der Waals surface area contributed by atoms with Crippen LogP contribution in [-0.4, -0.2) is 41.5 Å². The summed E-state index contributed by atoms with van der Waals surface area (Å²) in [4.78, 5) is 11.5. The van der Waals surface area contributed by atoms with E-state index in [9.17, 15) is 22.4 Å². The number of halogens is 4. The van der Waals surface area contributed by atoms with Crippen LogP contribution in [0, 0.1) is 0 Å². The smallest absolute Gasteiger partial charge is 0.416 e. The minimum Gasteiger partial charge on any atom is -0.485 e. The van der Waals surface area contributed by atoms with Gasteiger partial charge in [0.1, 0.15) is 11.9 Å². The molecule has 1 heterocycles. The second-order valence-electron chi connectivity index (χ2n) is 4.38. The summed E-state index contributed by atoms with van der Waals surface area (Å²) in [6.45, 7) is -0.460. The first-order valence-corrected chi connectivity index (χ1v) is 5.73. The number of carboxylic acid groups (broad SMARTS) is 1. The first-order chi connectivity index (χ1) is 9.27. The van der Waals surface area contributed by atoms with Crippen LogP contribution < -0.4 is 4.74 Å². The van der Waals surface area contributed by atoms with E-state index in [2.05, 4.69) is 0 Å². The molecular weight excluding hydrogens is 282 g/mol. The van der Waals surface area contributed by atoms with Crippen molar-refractivity contribution in [2.45, 2.75) is 18.5 Å². The Morgan fingerprint density at radius 2 is 1.85 bits per heavy atom. The zero-order valence-corrected chi connectivity index (χ0v) is 10.1. The van der Waals surface area contributed by atoms with E-state index in [-0.39, 0.29) is 18.8 Å². The van der Waals surface area contributed by atoms with Crippen LogP contribution >= 0.6 is 0 Å². The maximum absolute atomic E-state index is 13.5. The van der Waals surface area contributed by atoms with Crippen LogP contribution in [0.3, 0.4) is 0 Å². The highest BCUT2D eigenvalue weighted by Gasteiger charge is 2.37. The predicted molar refractivity (Wildman–Crippen MR) is 60.4 cm³/mol. The maximum Gasteiger partial charge on any atom is 0.416 e. The Morgan fingerprint density at radius 3 is 2.30 bits per heavy atom. The molecule has 0 bridgehead atoms. The van der Waals surface area contributed by atoms with Gasteiger partial charge in [0.15, 0.2) is 6.17 Å². The van der Waals surface area contributed by atoms with E-state index in [0.717, 1.165) is 29.2 Å². The number of hydrogen-bond acceptors (Lipinski definition) is 2. The van der Waals surface area contributed by atoms with Crippen molar-refractivity contribution >= 4 is 6.09 Å². The molecule has 1 aromatic carbocycles. The van der Waals surface area contributed by atoms with Crippen molar-refractivity contribution in [3.63, 3.8) is 0 Å². The van der Waals surface area contributed by atoms with Gasteiger partial charge in [-0.15, -0.1) is 0 Å². The third-order valence-corrected chi connectivity index (χ3v) is 2.94. The lowest BCUT2D eigenvalue weighted by atomic mass is 10.2. The third kappa shape index (κ3) is 3.12. The number of likely N-dealkylation sites (tertiary alicyclic amines) is 1. The Morgan fingerprint density at radius 1 is 1.25 bits per heavy atom.